The summed E-state index contributed by atoms with van der Waals surface area (Å²) in [6, 6.07) is 6.73. The molecule has 2 atom stereocenters. The summed E-state index contributed by atoms with van der Waals surface area (Å²) in [7, 11) is 0. The number of aryl methyl sites for hydroxylation is 2. The first-order valence-corrected chi connectivity index (χ1v) is 6.83. The fourth-order valence-corrected chi connectivity index (χ4v) is 2.34. The van der Waals surface area contributed by atoms with Crippen LogP contribution in [-0.2, 0) is 12.8 Å². The van der Waals surface area contributed by atoms with E-state index < -0.39 is 0 Å². The molecule has 0 N–H and O–H groups in total. The van der Waals surface area contributed by atoms with E-state index >= 15 is 0 Å². The van der Waals surface area contributed by atoms with E-state index in [1.807, 2.05) is 0 Å². The summed E-state index contributed by atoms with van der Waals surface area (Å²) in [5.41, 5.74) is 4.19. The van der Waals surface area contributed by atoms with Crippen LogP contribution in [-0.4, -0.2) is 0 Å². The zero-order valence-electron chi connectivity index (χ0n) is 10.9. The van der Waals surface area contributed by atoms with Crippen LogP contribution in [0.15, 0.2) is 18.2 Å². The predicted octanol–water partition coefficient (Wildman–Crippen LogP) is 5.14. The average Bonchev–Trinajstić information content (AvgIpc) is 2.35. The highest BCUT2D eigenvalue weighted by Gasteiger charge is 2.15. The Morgan fingerprint density at radius 1 is 1.06 bits per heavy atom. The zero-order valence-corrected chi connectivity index (χ0v) is 11.6. The fourth-order valence-electron chi connectivity index (χ4n) is 2.03. The molecule has 1 heteroatoms. The van der Waals surface area contributed by atoms with Crippen LogP contribution in [0, 0.1) is 5.92 Å². The van der Waals surface area contributed by atoms with Gasteiger partial charge in [0.1, 0.15) is 0 Å². The molecule has 0 spiro atoms. The highest BCUT2D eigenvalue weighted by atomic mass is 35.5. The van der Waals surface area contributed by atoms with E-state index in [9.17, 15) is 0 Å². The van der Waals surface area contributed by atoms with Gasteiger partial charge in [0.25, 0.3) is 0 Å². The Balaban J connectivity index is 2.98. The summed E-state index contributed by atoms with van der Waals surface area (Å²) >= 11 is 6.48. The van der Waals surface area contributed by atoms with Crippen LogP contribution >= 0.6 is 11.6 Å². The average molecular weight is 239 g/mol. The molecule has 0 fully saturated rings. The minimum absolute atomic E-state index is 0.154. The number of hydrogen-bond acceptors (Lipinski definition) is 0. The highest BCUT2D eigenvalue weighted by molar-refractivity contribution is 6.21. The lowest BCUT2D eigenvalue weighted by Crippen LogP contribution is -2.04. The Kier molecular flexibility index (Phi) is 5.34. The molecule has 0 radical (unpaired) electrons. The van der Waals surface area contributed by atoms with Crippen molar-refractivity contribution in [1.29, 1.82) is 0 Å². The molecule has 0 bridgehead atoms. The van der Waals surface area contributed by atoms with E-state index in [1.54, 1.807) is 0 Å². The van der Waals surface area contributed by atoms with Crippen molar-refractivity contribution in [3.8, 4) is 0 Å². The Labute approximate surface area is 105 Å². The van der Waals surface area contributed by atoms with Gasteiger partial charge < -0.3 is 0 Å². The van der Waals surface area contributed by atoms with Gasteiger partial charge in [0.15, 0.2) is 0 Å². The topological polar surface area (TPSA) is 0 Å². The molecule has 1 aromatic carbocycles. The summed E-state index contributed by atoms with van der Waals surface area (Å²) in [6.45, 7) is 8.84. The van der Waals surface area contributed by atoms with Crippen molar-refractivity contribution in [2.75, 3.05) is 0 Å². The molecule has 16 heavy (non-hydrogen) atoms. The molecular formula is C15H23Cl. The third-order valence-electron chi connectivity index (χ3n) is 3.45. The van der Waals surface area contributed by atoms with Crippen molar-refractivity contribution in [1.82, 2.24) is 0 Å². The largest absolute Gasteiger partial charge is 0.118 e. The maximum absolute atomic E-state index is 6.48. The molecule has 0 amide bonds. The van der Waals surface area contributed by atoms with Crippen molar-refractivity contribution < 1.29 is 0 Å². The molecule has 0 heterocycles. The van der Waals surface area contributed by atoms with E-state index in [-0.39, 0.29) is 5.38 Å². The van der Waals surface area contributed by atoms with Crippen molar-refractivity contribution in [2.45, 2.75) is 52.3 Å². The highest BCUT2D eigenvalue weighted by Crippen LogP contribution is 2.32. The zero-order chi connectivity index (χ0) is 12.1. The molecule has 2 unspecified atom stereocenters. The first-order valence-electron chi connectivity index (χ1n) is 6.39. The van der Waals surface area contributed by atoms with Crippen molar-refractivity contribution >= 4 is 11.6 Å². The van der Waals surface area contributed by atoms with Crippen molar-refractivity contribution in [3.63, 3.8) is 0 Å². The van der Waals surface area contributed by atoms with Crippen LogP contribution in [0.4, 0.5) is 0 Å². The number of rotatable bonds is 5. The summed E-state index contributed by atoms with van der Waals surface area (Å²) in [6.07, 6.45) is 3.34. The van der Waals surface area contributed by atoms with Gasteiger partial charge in [-0.2, -0.15) is 0 Å². The molecule has 0 saturated carbocycles. The quantitative estimate of drug-likeness (QED) is 0.624. The smallest absolute Gasteiger partial charge is 0.0610 e. The third kappa shape index (κ3) is 3.01. The summed E-state index contributed by atoms with van der Waals surface area (Å²) < 4.78 is 0. The van der Waals surface area contributed by atoms with Crippen LogP contribution in [0.2, 0.25) is 0 Å². The lowest BCUT2D eigenvalue weighted by molar-refractivity contribution is 0.542. The van der Waals surface area contributed by atoms with E-state index in [0.717, 1.165) is 19.3 Å². The standard InChI is InChI=1S/C15H23Cl/c1-5-11(4)15(16)14-9-8-12(6-2)13(7-3)10-14/h8-11,15H,5-7H2,1-4H3. The Hall–Kier alpha value is -0.490. The Bertz CT molecular complexity index is 330. The lowest BCUT2D eigenvalue weighted by Gasteiger charge is -2.18. The van der Waals surface area contributed by atoms with Gasteiger partial charge in [-0.1, -0.05) is 52.3 Å². The molecule has 0 aromatic heterocycles. The molecule has 0 aliphatic rings. The second kappa shape index (κ2) is 6.30. The maximum Gasteiger partial charge on any atom is 0.0610 e. The van der Waals surface area contributed by atoms with Gasteiger partial charge in [-0.15, -0.1) is 11.6 Å². The Morgan fingerprint density at radius 2 is 1.69 bits per heavy atom. The molecular weight excluding hydrogens is 216 g/mol. The van der Waals surface area contributed by atoms with Crippen molar-refractivity contribution in [2.24, 2.45) is 5.92 Å². The number of halogens is 1. The van der Waals surface area contributed by atoms with Crippen LogP contribution < -0.4 is 0 Å². The fraction of sp³-hybridized carbons (Fsp3) is 0.600. The maximum atomic E-state index is 6.48. The third-order valence-corrected chi connectivity index (χ3v) is 4.14. The molecule has 0 aliphatic heterocycles. The van der Waals surface area contributed by atoms with Crippen LogP contribution in [0.25, 0.3) is 0 Å². The van der Waals surface area contributed by atoms with E-state index in [4.69, 9.17) is 11.6 Å². The normalized spacial score (nSPS) is 14.8. The molecule has 1 aromatic rings. The summed E-state index contributed by atoms with van der Waals surface area (Å²) in [4.78, 5) is 0. The number of hydrogen-bond donors (Lipinski definition) is 0. The summed E-state index contributed by atoms with van der Waals surface area (Å²) in [5.74, 6) is 0.541. The number of alkyl halides is 1. The second-order valence-corrected chi connectivity index (χ2v) is 4.99. The van der Waals surface area contributed by atoms with Gasteiger partial charge in [0.05, 0.1) is 5.38 Å². The molecule has 0 saturated heterocycles. The molecule has 1 rings (SSSR count). The van der Waals surface area contributed by atoms with Crippen LogP contribution in [0.3, 0.4) is 0 Å². The second-order valence-electron chi connectivity index (χ2n) is 4.52. The molecule has 0 aliphatic carbocycles. The van der Waals surface area contributed by atoms with Gasteiger partial charge in [-0.3, -0.25) is 0 Å². The van der Waals surface area contributed by atoms with E-state index in [0.29, 0.717) is 5.92 Å². The summed E-state index contributed by atoms with van der Waals surface area (Å²) in [5, 5.41) is 0.154. The first-order chi connectivity index (χ1) is 7.63. The van der Waals surface area contributed by atoms with Crippen molar-refractivity contribution in [3.05, 3.63) is 34.9 Å². The van der Waals surface area contributed by atoms with Gasteiger partial charge in [-0.05, 0) is 35.4 Å². The van der Waals surface area contributed by atoms with E-state index in [2.05, 4.69) is 45.9 Å². The van der Waals surface area contributed by atoms with Gasteiger partial charge in [0.2, 0.25) is 0 Å². The van der Waals surface area contributed by atoms with Gasteiger partial charge in [-0.25, -0.2) is 0 Å². The minimum atomic E-state index is 0.154. The predicted molar refractivity (Wildman–Crippen MR) is 73.2 cm³/mol. The number of benzene rings is 1. The minimum Gasteiger partial charge on any atom is -0.118 e. The Morgan fingerprint density at radius 3 is 2.19 bits per heavy atom. The van der Waals surface area contributed by atoms with Crippen LogP contribution in [0.1, 0.15) is 56.2 Å². The monoisotopic (exact) mass is 238 g/mol. The van der Waals surface area contributed by atoms with Gasteiger partial charge >= 0.3 is 0 Å². The SMILES string of the molecule is CCc1ccc(C(Cl)C(C)CC)cc1CC. The lowest BCUT2D eigenvalue weighted by atomic mass is 9.93. The van der Waals surface area contributed by atoms with Gasteiger partial charge in [0, 0.05) is 0 Å². The van der Waals surface area contributed by atoms with Crippen LogP contribution in [0.5, 0.6) is 0 Å². The molecule has 90 valence electrons. The first kappa shape index (κ1) is 13.6. The molecule has 0 nitrogen and oxygen atoms in total. The van der Waals surface area contributed by atoms with E-state index in [1.165, 1.54) is 16.7 Å².